The minimum absolute atomic E-state index is 0.143. The predicted octanol–water partition coefficient (Wildman–Crippen LogP) is 1.95. The van der Waals surface area contributed by atoms with E-state index in [1.165, 1.54) is 0 Å². The Morgan fingerprint density at radius 3 is 2.85 bits per heavy atom. The van der Waals surface area contributed by atoms with Crippen LogP contribution in [0.15, 0.2) is 53.8 Å². The molecule has 1 aromatic rings. The zero-order chi connectivity index (χ0) is 13.7. The zero-order valence-corrected chi connectivity index (χ0v) is 10.6. The van der Waals surface area contributed by atoms with Crippen molar-refractivity contribution in [3.8, 4) is 5.75 Å². The third-order valence-corrected chi connectivity index (χ3v) is 3.81. The Labute approximate surface area is 115 Å². The van der Waals surface area contributed by atoms with Gasteiger partial charge in [0, 0.05) is 17.6 Å². The summed E-state index contributed by atoms with van der Waals surface area (Å²) in [6.45, 7) is 0. The average molecular weight is 265 g/mol. The Kier molecular flexibility index (Phi) is 2.07. The van der Waals surface area contributed by atoms with Crippen molar-refractivity contribution in [2.24, 2.45) is 5.41 Å². The van der Waals surface area contributed by atoms with Gasteiger partial charge in [0.1, 0.15) is 11.5 Å². The standard InChI is InChI=1S/C16H11NO3/c18-14-9-16(15(19)17-14)6-5-11-7-10-3-1-2-4-12(10)20-13(11)8-16/h1-8H,9H2,(H,17,18,19). The maximum atomic E-state index is 12.0. The highest BCUT2D eigenvalue weighted by atomic mass is 16.5. The number of amides is 2. The summed E-state index contributed by atoms with van der Waals surface area (Å²) in [6.07, 6.45) is 7.53. The predicted molar refractivity (Wildman–Crippen MR) is 72.5 cm³/mol. The molecule has 2 heterocycles. The lowest BCUT2D eigenvalue weighted by Crippen LogP contribution is -2.30. The van der Waals surface area contributed by atoms with E-state index in [-0.39, 0.29) is 18.2 Å². The SMILES string of the molecule is O=C1CC2(C=CC3=Cc4ccccc4OC3=C2)C(=O)N1. The summed E-state index contributed by atoms with van der Waals surface area (Å²) in [5, 5.41) is 2.34. The van der Waals surface area contributed by atoms with Gasteiger partial charge in [-0.25, -0.2) is 0 Å². The van der Waals surface area contributed by atoms with Crippen molar-refractivity contribution >= 4 is 17.9 Å². The van der Waals surface area contributed by atoms with Gasteiger partial charge in [0.2, 0.25) is 11.8 Å². The molecule has 1 aliphatic carbocycles. The summed E-state index contributed by atoms with van der Waals surface area (Å²) < 4.78 is 5.86. The highest BCUT2D eigenvalue weighted by Crippen LogP contribution is 2.41. The van der Waals surface area contributed by atoms with Crippen molar-refractivity contribution in [2.75, 3.05) is 0 Å². The minimum Gasteiger partial charge on any atom is -0.456 e. The molecule has 0 saturated carbocycles. The fourth-order valence-electron chi connectivity index (χ4n) is 2.76. The molecule has 4 heteroatoms. The second kappa shape index (κ2) is 3.70. The summed E-state index contributed by atoms with van der Waals surface area (Å²) in [5.41, 5.74) is 1.03. The molecule has 1 saturated heterocycles. The molecule has 2 aliphatic heterocycles. The molecule has 1 unspecified atom stereocenters. The number of hydrogen-bond acceptors (Lipinski definition) is 3. The van der Waals surface area contributed by atoms with Crippen LogP contribution < -0.4 is 10.1 Å². The number of allylic oxidation sites excluding steroid dienone is 1. The Hall–Kier alpha value is -2.62. The van der Waals surface area contributed by atoms with E-state index in [1.807, 2.05) is 36.4 Å². The first-order chi connectivity index (χ1) is 9.66. The van der Waals surface area contributed by atoms with Gasteiger partial charge in [0.05, 0.1) is 5.41 Å². The number of hydrogen-bond donors (Lipinski definition) is 1. The van der Waals surface area contributed by atoms with E-state index in [9.17, 15) is 9.59 Å². The Morgan fingerprint density at radius 1 is 1.20 bits per heavy atom. The average Bonchev–Trinajstić information content (AvgIpc) is 2.70. The maximum Gasteiger partial charge on any atom is 0.241 e. The number of rotatable bonds is 0. The van der Waals surface area contributed by atoms with Gasteiger partial charge < -0.3 is 4.74 Å². The smallest absolute Gasteiger partial charge is 0.241 e. The lowest BCUT2D eigenvalue weighted by molar-refractivity contribution is -0.126. The molecule has 0 bridgehead atoms. The van der Waals surface area contributed by atoms with Crippen LogP contribution in [0.25, 0.3) is 6.08 Å². The largest absolute Gasteiger partial charge is 0.456 e. The Balaban J connectivity index is 1.81. The van der Waals surface area contributed by atoms with Crippen LogP contribution >= 0.6 is 0 Å². The molecule has 1 atom stereocenters. The van der Waals surface area contributed by atoms with Crippen LogP contribution in [-0.4, -0.2) is 11.8 Å². The highest BCUT2D eigenvalue weighted by molar-refractivity contribution is 6.08. The molecule has 1 spiro atoms. The number of carbonyl (C=O) groups is 2. The number of ether oxygens (including phenoxy) is 1. The van der Waals surface area contributed by atoms with E-state index in [0.29, 0.717) is 5.76 Å². The lowest BCUT2D eigenvalue weighted by atomic mass is 9.80. The summed E-state index contributed by atoms with van der Waals surface area (Å²) in [7, 11) is 0. The van der Waals surface area contributed by atoms with E-state index >= 15 is 0 Å². The Morgan fingerprint density at radius 2 is 2.05 bits per heavy atom. The molecular formula is C16H11NO3. The van der Waals surface area contributed by atoms with E-state index < -0.39 is 5.41 Å². The van der Waals surface area contributed by atoms with Crippen LogP contribution in [0, 0.1) is 5.41 Å². The van der Waals surface area contributed by atoms with Crippen LogP contribution in [-0.2, 0) is 9.59 Å². The quantitative estimate of drug-likeness (QED) is 0.729. The summed E-state index contributed by atoms with van der Waals surface area (Å²) in [5.74, 6) is 0.863. The molecule has 0 aromatic heterocycles. The number of benzene rings is 1. The first-order valence-corrected chi connectivity index (χ1v) is 6.42. The number of para-hydroxylation sites is 1. The zero-order valence-electron chi connectivity index (χ0n) is 10.6. The fourth-order valence-corrected chi connectivity index (χ4v) is 2.76. The molecule has 20 heavy (non-hydrogen) atoms. The maximum absolute atomic E-state index is 12.0. The third-order valence-electron chi connectivity index (χ3n) is 3.81. The van der Waals surface area contributed by atoms with Gasteiger partial charge in [-0.15, -0.1) is 0 Å². The second-order valence-corrected chi connectivity index (χ2v) is 5.18. The van der Waals surface area contributed by atoms with Gasteiger partial charge in [-0.1, -0.05) is 30.4 Å². The van der Waals surface area contributed by atoms with Crippen molar-refractivity contribution in [3.63, 3.8) is 0 Å². The molecule has 3 aliphatic rings. The Bertz CT molecular complexity index is 742. The van der Waals surface area contributed by atoms with Crippen molar-refractivity contribution in [3.05, 3.63) is 59.4 Å². The van der Waals surface area contributed by atoms with Crippen LogP contribution in [0.3, 0.4) is 0 Å². The fraction of sp³-hybridized carbons (Fsp3) is 0.125. The molecule has 1 fully saturated rings. The van der Waals surface area contributed by atoms with Gasteiger partial charge >= 0.3 is 0 Å². The first kappa shape index (κ1) is 11.2. The molecule has 1 N–H and O–H groups in total. The van der Waals surface area contributed by atoms with Crippen LogP contribution in [0.2, 0.25) is 0 Å². The van der Waals surface area contributed by atoms with Crippen LogP contribution in [0.5, 0.6) is 5.75 Å². The number of nitrogens with one attached hydrogen (secondary N) is 1. The summed E-state index contributed by atoms with van der Waals surface area (Å²) >= 11 is 0. The molecule has 0 radical (unpaired) electrons. The van der Waals surface area contributed by atoms with Crippen LogP contribution in [0.1, 0.15) is 12.0 Å². The van der Waals surface area contributed by atoms with Gasteiger partial charge in [-0.3, -0.25) is 14.9 Å². The topological polar surface area (TPSA) is 55.4 Å². The van der Waals surface area contributed by atoms with E-state index in [2.05, 4.69) is 5.32 Å². The van der Waals surface area contributed by atoms with E-state index in [4.69, 9.17) is 4.74 Å². The summed E-state index contributed by atoms with van der Waals surface area (Å²) in [4.78, 5) is 23.4. The monoisotopic (exact) mass is 265 g/mol. The number of fused-ring (bicyclic) bond motifs is 2. The molecule has 4 nitrogen and oxygen atoms in total. The van der Waals surface area contributed by atoms with Gasteiger partial charge in [0.15, 0.2) is 0 Å². The summed E-state index contributed by atoms with van der Waals surface area (Å²) in [6, 6.07) is 7.71. The molecule has 1 aromatic carbocycles. The van der Waals surface area contributed by atoms with Crippen molar-refractivity contribution in [1.29, 1.82) is 0 Å². The van der Waals surface area contributed by atoms with Crippen LogP contribution in [0.4, 0.5) is 0 Å². The van der Waals surface area contributed by atoms with E-state index in [1.54, 1.807) is 12.2 Å². The molecule has 98 valence electrons. The van der Waals surface area contributed by atoms with Crippen molar-refractivity contribution in [1.82, 2.24) is 5.32 Å². The second-order valence-electron chi connectivity index (χ2n) is 5.18. The van der Waals surface area contributed by atoms with Gasteiger partial charge in [0.25, 0.3) is 0 Å². The molecular weight excluding hydrogens is 254 g/mol. The van der Waals surface area contributed by atoms with Crippen molar-refractivity contribution < 1.29 is 14.3 Å². The normalized spacial score (nSPS) is 26.4. The number of carbonyl (C=O) groups excluding carboxylic acids is 2. The van der Waals surface area contributed by atoms with Gasteiger partial charge in [-0.2, -0.15) is 0 Å². The van der Waals surface area contributed by atoms with Gasteiger partial charge in [-0.05, 0) is 18.2 Å². The third kappa shape index (κ3) is 1.48. The lowest BCUT2D eigenvalue weighted by Gasteiger charge is -2.27. The number of imide groups is 1. The first-order valence-electron chi connectivity index (χ1n) is 6.42. The van der Waals surface area contributed by atoms with E-state index in [0.717, 1.165) is 16.9 Å². The minimum atomic E-state index is -0.893. The molecule has 4 rings (SSSR count). The van der Waals surface area contributed by atoms with Crippen molar-refractivity contribution in [2.45, 2.75) is 6.42 Å². The molecule has 2 amide bonds. The highest BCUT2D eigenvalue weighted by Gasteiger charge is 2.45.